The van der Waals surface area contributed by atoms with Gasteiger partial charge in [0.25, 0.3) is 25.7 Å². The average Bonchev–Trinajstić information content (AvgIpc) is 3.54. The molecule has 10 nitrogen and oxygen atoms in total. The monoisotopic (exact) mass is 737 g/mol. The summed E-state index contributed by atoms with van der Waals surface area (Å²) in [5.41, 5.74) is -0.632. The molecule has 3 aromatic carbocycles. The first-order valence-electron chi connectivity index (χ1n) is 14.6. The first-order valence-corrected chi connectivity index (χ1v) is 17.6. The van der Waals surface area contributed by atoms with Crippen LogP contribution in [0.3, 0.4) is 0 Å². The highest BCUT2D eigenvalue weighted by atomic mass is 127. The summed E-state index contributed by atoms with van der Waals surface area (Å²) in [5.74, 6) is -1.14. The first-order chi connectivity index (χ1) is 21.5. The molecule has 45 heavy (non-hydrogen) atoms. The van der Waals surface area contributed by atoms with Crippen LogP contribution in [0.4, 0.5) is 0 Å². The molecule has 1 N–H and O–H groups in total. The van der Waals surface area contributed by atoms with Crippen molar-refractivity contribution in [2.75, 3.05) is 6.61 Å². The molecule has 0 aliphatic carbocycles. The van der Waals surface area contributed by atoms with Crippen molar-refractivity contribution < 1.29 is 23.6 Å². The van der Waals surface area contributed by atoms with Crippen molar-refractivity contribution in [2.24, 2.45) is 0 Å². The number of nitrogens with one attached hydrogen (secondary N) is 1. The summed E-state index contributed by atoms with van der Waals surface area (Å²) >= 11 is 1.85. The van der Waals surface area contributed by atoms with Gasteiger partial charge in [-0.15, -0.1) is 5.06 Å². The van der Waals surface area contributed by atoms with E-state index in [4.69, 9.17) is 14.0 Å². The maximum atomic E-state index is 13.2. The molecule has 2 aliphatic rings. The van der Waals surface area contributed by atoms with Gasteiger partial charge in [0, 0.05) is 12.6 Å². The number of aromatic amines is 1. The van der Waals surface area contributed by atoms with Crippen LogP contribution in [0.2, 0.25) is 5.04 Å². The molecule has 12 heteroatoms. The number of ether oxygens (including phenoxy) is 1. The minimum atomic E-state index is -3.00. The Morgan fingerprint density at radius 3 is 1.93 bits per heavy atom. The standard InChI is InChI=1S/C33H32IN3O7Si/c1-33(2,3)45(21-12-6-4-7-13-21,22-14-8-5-9-15-22)42-20-27-26(18-28(43-27)36-19-25(34)29(38)35-32(36)41)44-37-30(39)23-16-10-11-17-24(23)31(37)40/h4-17,19,26-28H,18,20H2,1-3H3,(H,35,38,41)/t26-,27+,28+/m0/s1. The van der Waals surface area contributed by atoms with E-state index < -0.39 is 49.8 Å². The molecule has 0 radical (unpaired) electrons. The van der Waals surface area contributed by atoms with Crippen LogP contribution in [0.1, 0.15) is 54.1 Å². The van der Waals surface area contributed by atoms with Crippen molar-refractivity contribution in [1.29, 1.82) is 0 Å². The normalized spacial score (nSPS) is 20.1. The maximum Gasteiger partial charge on any atom is 0.330 e. The Hall–Kier alpha value is -3.69. The number of carbonyl (C=O) groups excluding carboxylic acids is 2. The van der Waals surface area contributed by atoms with Crippen molar-refractivity contribution in [3.05, 3.63) is 127 Å². The van der Waals surface area contributed by atoms with E-state index in [-0.39, 0.29) is 29.2 Å². The number of hydroxylamine groups is 2. The number of rotatable bonds is 8. The van der Waals surface area contributed by atoms with Gasteiger partial charge in [0.1, 0.15) is 18.4 Å². The second kappa shape index (κ2) is 12.2. The SMILES string of the molecule is CC(C)(C)[Si](OC[C@H]1O[C@@H](n2cc(I)c(=O)[nH]c2=O)C[C@@H]1ON1C(=O)c2ccccc2C1=O)(c1ccccc1)c1ccccc1. The zero-order valence-corrected chi connectivity index (χ0v) is 28.1. The third kappa shape index (κ3) is 5.65. The van der Waals surface area contributed by atoms with Crippen molar-refractivity contribution in [1.82, 2.24) is 14.6 Å². The highest BCUT2D eigenvalue weighted by Crippen LogP contribution is 2.39. The van der Waals surface area contributed by atoms with Gasteiger partial charge in [0.2, 0.25) is 0 Å². The van der Waals surface area contributed by atoms with E-state index in [1.54, 1.807) is 24.3 Å². The fourth-order valence-electron chi connectivity index (χ4n) is 6.17. The van der Waals surface area contributed by atoms with E-state index in [1.165, 1.54) is 10.8 Å². The van der Waals surface area contributed by atoms with E-state index in [2.05, 4.69) is 50.0 Å². The molecular formula is C33H32IN3O7Si. The first kappa shape index (κ1) is 31.3. The maximum absolute atomic E-state index is 13.2. The number of imide groups is 1. The molecule has 232 valence electrons. The molecule has 0 unspecified atom stereocenters. The summed E-state index contributed by atoms with van der Waals surface area (Å²) < 4.78 is 15.2. The Balaban J connectivity index is 1.37. The predicted molar refractivity (Wildman–Crippen MR) is 178 cm³/mol. The molecule has 1 fully saturated rings. The number of benzene rings is 3. The lowest BCUT2D eigenvalue weighted by atomic mass is 10.1. The number of hydrogen-bond acceptors (Lipinski definition) is 7. The molecule has 3 atom stereocenters. The van der Waals surface area contributed by atoms with Crippen LogP contribution < -0.4 is 21.6 Å². The summed E-state index contributed by atoms with van der Waals surface area (Å²) in [5, 5.41) is 2.60. The van der Waals surface area contributed by atoms with Gasteiger partial charge in [-0.1, -0.05) is 93.6 Å². The Kier molecular flexibility index (Phi) is 8.52. The molecule has 0 bridgehead atoms. The summed E-state index contributed by atoms with van der Waals surface area (Å²) in [7, 11) is -3.00. The Bertz CT molecular complexity index is 1780. The van der Waals surface area contributed by atoms with Crippen LogP contribution in [-0.4, -0.2) is 53.6 Å². The van der Waals surface area contributed by atoms with E-state index in [0.29, 0.717) is 3.57 Å². The van der Waals surface area contributed by atoms with E-state index in [9.17, 15) is 19.2 Å². The van der Waals surface area contributed by atoms with Crippen LogP contribution in [0.5, 0.6) is 0 Å². The lowest BCUT2D eigenvalue weighted by Gasteiger charge is -2.43. The summed E-state index contributed by atoms with van der Waals surface area (Å²) in [6.45, 7) is 6.52. The Morgan fingerprint density at radius 2 is 1.40 bits per heavy atom. The molecule has 0 saturated carbocycles. The minimum Gasteiger partial charge on any atom is -0.405 e. The molecule has 4 aromatic rings. The number of fused-ring (bicyclic) bond motifs is 1. The fourth-order valence-corrected chi connectivity index (χ4v) is 11.2. The van der Waals surface area contributed by atoms with E-state index >= 15 is 0 Å². The molecule has 2 amide bonds. The van der Waals surface area contributed by atoms with Gasteiger partial charge >= 0.3 is 5.69 Å². The van der Waals surface area contributed by atoms with E-state index in [0.717, 1.165) is 15.4 Å². The van der Waals surface area contributed by atoms with Crippen LogP contribution >= 0.6 is 22.6 Å². The second-order valence-electron chi connectivity index (χ2n) is 12.1. The number of aromatic nitrogens is 2. The van der Waals surface area contributed by atoms with Crippen LogP contribution in [0.25, 0.3) is 0 Å². The van der Waals surface area contributed by atoms with Gasteiger partial charge < -0.3 is 9.16 Å². The smallest absolute Gasteiger partial charge is 0.330 e. The Morgan fingerprint density at radius 1 is 0.867 bits per heavy atom. The van der Waals surface area contributed by atoms with Gasteiger partial charge in [0.15, 0.2) is 0 Å². The van der Waals surface area contributed by atoms with Gasteiger partial charge in [-0.3, -0.25) is 28.8 Å². The quantitative estimate of drug-likeness (QED) is 0.167. The third-order valence-electron chi connectivity index (χ3n) is 8.29. The van der Waals surface area contributed by atoms with Crippen LogP contribution in [0.15, 0.2) is 101 Å². The topological polar surface area (TPSA) is 120 Å². The molecular weight excluding hydrogens is 705 g/mol. The minimum absolute atomic E-state index is 0.0484. The molecule has 1 saturated heterocycles. The number of halogens is 1. The summed E-state index contributed by atoms with van der Waals surface area (Å²) in [6, 6.07) is 26.8. The summed E-state index contributed by atoms with van der Waals surface area (Å²) in [4.78, 5) is 59.9. The van der Waals surface area contributed by atoms with Gasteiger partial charge in [-0.2, -0.15) is 0 Å². The molecule has 3 heterocycles. The highest BCUT2D eigenvalue weighted by molar-refractivity contribution is 14.1. The number of H-pyrrole nitrogens is 1. The predicted octanol–water partition coefficient (Wildman–Crippen LogP) is 3.60. The molecule has 2 aliphatic heterocycles. The second-order valence-corrected chi connectivity index (χ2v) is 17.5. The van der Waals surface area contributed by atoms with Crippen molar-refractivity contribution in [2.45, 2.75) is 50.7 Å². The number of carbonyl (C=O) groups is 2. The summed E-state index contributed by atoms with van der Waals surface area (Å²) in [6.07, 6.45) is -0.929. The van der Waals surface area contributed by atoms with Crippen LogP contribution in [-0.2, 0) is 14.0 Å². The fraction of sp³-hybridized carbons (Fsp3) is 0.273. The van der Waals surface area contributed by atoms with Crippen molar-refractivity contribution in [3.8, 4) is 0 Å². The average molecular weight is 738 g/mol. The van der Waals surface area contributed by atoms with Crippen molar-refractivity contribution in [3.63, 3.8) is 0 Å². The van der Waals surface area contributed by atoms with Gasteiger partial charge in [-0.05, 0) is 50.1 Å². The zero-order valence-electron chi connectivity index (χ0n) is 24.9. The highest BCUT2D eigenvalue weighted by Gasteiger charge is 2.52. The van der Waals surface area contributed by atoms with Gasteiger partial charge in [0.05, 0.1) is 21.3 Å². The molecule has 1 aromatic heterocycles. The number of amides is 2. The van der Waals surface area contributed by atoms with Gasteiger partial charge in [-0.25, -0.2) is 4.79 Å². The van der Waals surface area contributed by atoms with Crippen molar-refractivity contribution >= 4 is 53.1 Å². The lowest BCUT2D eigenvalue weighted by molar-refractivity contribution is -0.154. The number of hydrogen-bond donors (Lipinski definition) is 1. The lowest BCUT2D eigenvalue weighted by Crippen LogP contribution is -2.67. The molecule has 6 rings (SSSR count). The third-order valence-corrected chi connectivity index (χ3v) is 14.1. The molecule has 0 spiro atoms. The largest absolute Gasteiger partial charge is 0.405 e. The van der Waals surface area contributed by atoms with E-state index in [1.807, 2.05) is 59.0 Å². The van der Waals surface area contributed by atoms with Crippen LogP contribution in [0, 0.1) is 3.57 Å². The Labute approximate surface area is 274 Å². The zero-order chi connectivity index (χ0) is 31.9. The number of nitrogens with zero attached hydrogens (tertiary/aromatic N) is 2.